The van der Waals surface area contributed by atoms with Gasteiger partial charge in [-0.05, 0) is 36.2 Å². The number of nitrogens with zero attached hydrogens (tertiary/aromatic N) is 1. The minimum atomic E-state index is -0.855. The highest BCUT2D eigenvalue weighted by Crippen LogP contribution is 2.13. The molecule has 7 heteroatoms. The maximum Gasteiger partial charge on any atom is 0.435 e. The molecule has 0 atom stereocenters. The monoisotopic (exact) mass is 356 g/mol. The van der Waals surface area contributed by atoms with Crippen molar-refractivity contribution in [2.75, 3.05) is 6.61 Å². The van der Waals surface area contributed by atoms with Crippen molar-refractivity contribution in [3.63, 3.8) is 0 Å². The van der Waals surface area contributed by atoms with Gasteiger partial charge < -0.3 is 20.3 Å². The lowest BCUT2D eigenvalue weighted by molar-refractivity contribution is -0.137. The van der Waals surface area contributed by atoms with Crippen LogP contribution in [-0.4, -0.2) is 29.6 Å². The first-order chi connectivity index (χ1) is 12.5. The van der Waals surface area contributed by atoms with E-state index < -0.39 is 12.1 Å². The maximum absolute atomic E-state index is 11.7. The van der Waals surface area contributed by atoms with Crippen LogP contribution in [-0.2, 0) is 16.1 Å². The fraction of sp³-hybridized carbons (Fsp3) is 0.211. The molecule has 0 aliphatic rings. The van der Waals surface area contributed by atoms with Crippen molar-refractivity contribution in [1.82, 2.24) is 0 Å². The fourth-order valence-corrected chi connectivity index (χ4v) is 2.05. The molecule has 0 aliphatic heterocycles. The lowest BCUT2D eigenvalue weighted by Crippen LogP contribution is -2.16. The second kappa shape index (κ2) is 9.83. The predicted octanol–water partition coefficient (Wildman–Crippen LogP) is 2.97. The van der Waals surface area contributed by atoms with Crippen LogP contribution < -0.4 is 10.5 Å². The molecule has 7 nitrogen and oxygen atoms in total. The van der Waals surface area contributed by atoms with Gasteiger partial charge >= 0.3 is 12.1 Å². The van der Waals surface area contributed by atoms with Gasteiger partial charge in [-0.3, -0.25) is 4.79 Å². The molecule has 0 unspecified atom stereocenters. The number of nitrogens with two attached hydrogens (primary N) is 1. The number of benzene rings is 2. The molecule has 0 radical (unpaired) electrons. The minimum absolute atomic E-state index is 0.0421. The molecule has 0 saturated heterocycles. The van der Waals surface area contributed by atoms with Gasteiger partial charge in [0.2, 0.25) is 0 Å². The van der Waals surface area contributed by atoms with Crippen molar-refractivity contribution < 1.29 is 24.2 Å². The molecule has 0 aromatic heterocycles. The second-order valence-corrected chi connectivity index (χ2v) is 5.41. The van der Waals surface area contributed by atoms with E-state index in [4.69, 9.17) is 20.3 Å². The van der Waals surface area contributed by atoms with Gasteiger partial charge in [-0.15, -0.1) is 0 Å². The maximum atomic E-state index is 11.7. The van der Waals surface area contributed by atoms with Crippen LogP contribution in [0.2, 0.25) is 0 Å². The Kier molecular flexibility index (Phi) is 7.17. The Bertz CT molecular complexity index is 757. The molecular weight excluding hydrogens is 336 g/mol. The van der Waals surface area contributed by atoms with E-state index in [1.165, 1.54) is 0 Å². The zero-order chi connectivity index (χ0) is 18.8. The molecule has 2 rings (SSSR count). The topological polar surface area (TPSA) is 111 Å². The summed E-state index contributed by atoms with van der Waals surface area (Å²) in [6.07, 6.45) is -0.281. The summed E-state index contributed by atoms with van der Waals surface area (Å²) in [5, 5.41) is 8.56. The number of hydrogen-bond donors (Lipinski definition) is 2. The van der Waals surface area contributed by atoms with Gasteiger partial charge in [-0.25, -0.2) is 4.79 Å². The fourth-order valence-electron chi connectivity index (χ4n) is 2.05. The third-order valence-electron chi connectivity index (χ3n) is 3.37. The Morgan fingerprint density at radius 1 is 1.04 bits per heavy atom. The van der Waals surface area contributed by atoms with Crippen molar-refractivity contribution in [2.24, 2.45) is 10.7 Å². The summed E-state index contributed by atoms with van der Waals surface area (Å²) in [7, 11) is 0. The molecule has 0 heterocycles. The van der Waals surface area contributed by atoms with Gasteiger partial charge in [0.25, 0.3) is 0 Å². The molecule has 136 valence electrons. The van der Waals surface area contributed by atoms with Gasteiger partial charge in [-0.1, -0.05) is 30.3 Å². The smallest absolute Gasteiger partial charge is 0.435 e. The van der Waals surface area contributed by atoms with E-state index in [1.807, 2.05) is 30.3 Å². The number of carbonyl (C=O) groups excluding carboxylic acids is 1. The molecule has 0 aliphatic carbocycles. The SMILES string of the molecule is N/C(=N/C(=O)OCc1ccccc1)c1ccc(OCCCC(=O)O)cc1. The predicted molar refractivity (Wildman–Crippen MR) is 96.2 cm³/mol. The zero-order valence-corrected chi connectivity index (χ0v) is 14.1. The summed E-state index contributed by atoms with van der Waals surface area (Å²) in [4.78, 5) is 25.9. The van der Waals surface area contributed by atoms with Crippen LogP contribution in [0.25, 0.3) is 0 Å². The van der Waals surface area contributed by atoms with E-state index >= 15 is 0 Å². The average molecular weight is 356 g/mol. The van der Waals surface area contributed by atoms with Crippen molar-refractivity contribution in [3.05, 3.63) is 65.7 Å². The number of aliphatic imine (C=N–C) groups is 1. The van der Waals surface area contributed by atoms with Gasteiger partial charge in [0.15, 0.2) is 0 Å². The lowest BCUT2D eigenvalue weighted by atomic mass is 10.2. The van der Waals surface area contributed by atoms with E-state index in [9.17, 15) is 9.59 Å². The summed E-state index contributed by atoms with van der Waals surface area (Å²) in [5.74, 6) is -0.230. The van der Waals surface area contributed by atoms with E-state index in [2.05, 4.69) is 4.99 Å². The molecule has 1 amide bonds. The van der Waals surface area contributed by atoms with Crippen molar-refractivity contribution in [1.29, 1.82) is 0 Å². The largest absolute Gasteiger partial charge is 0.494 e. The highest BCUT2D eigenvalue weighted by molar-refractivity contribution is 6.02. The lowest BCUT2D eigenvalue weighted by Gasteiger charge is -2.06. The van der Waals surface area contributed by atoms with Crippen LogP contribution in [0.5, 0.6) is 5.75 Å². The van der Waals surface area contributed by atoms with Gasteiger partial charge in [0, 0.05) is 12.0 Å². The van der Waals surface area contributed by atoms with E-state index in [-0.39, 0.29) is 18.9 Å². The first kappa shape index (κ1) is 19.0. The van der Waals surface area contributed by atoms with E-state index in [1.54, 1.807) is 24.3 Å². The standard InChI is InChI=1S/C19H20N2O5/c20-18(21-19(24)26-13-14-5-2-1-3-6-14)15-8-10-16(11-9-15)25-12-4-7-17(22)23/h1-3,5-6,8-11H,4,7,12-13H2,(H,22,23)(H2,20,21,24). The van der Waals surface area contributed by atoms with Crippen molar-refractivity contribution >= 4 is 17.9 Å². The Labute approximate surface area is 151 Å². The van der Waals surface area contributed by atoms with Crippen molar-refractivity contribution in [2.45, 2.75) is 19.4 Å². The Balaban J connectivity index is 1.83. The van der Waals surface area contributed by atoms with Crippen LogP contribution in [0.15, 0.2) is 59.6 Å². The molecule has 2 aromatic carbocycles. The number of carboxylic acids is 1. The van der Waals surface area contributed by atoms with Gasteiger partial charge in [0.05, 0.1) is 6.61 Å². The quantitative estimate of drug-likeness (QED) is 0.427. The summed E-state index contributed by atoms with van der Waals surface area (Å²) in [6, 6.07) is 15.9. The summed E-state index contributed by atoms with van der Waals surface area (Å²) in [5.41, 5.74) is 7.23. The summed E-state index contributed by atoms with van der Waals surface area (Å²) >= 11 is 0. The first-order valence-electron chi connectivity index (χ1n) is 8.04. The third kappa shape index (κ3) is 6.64. The minimum Gasteiger partial charge on any atom is -0.494 e. The molecule has 0 saturated carbocycles. The molecule has 2 aromatic rings. The number of ether oxygens (including phenoxy) is 2. The number of amides is 1. The number of aliphatic carboxylic acids is 1. The van der Waals surface area contributed by atoms with Crippen LogP contribution in [0.4, 0.5) is 4.79 Å². The third-order valence-corrected chi connectivity index (χ3v) is 3.37. The molecule has 3 N–H and O–H groups in total. The van der Waals surface area contributed by atoms with Gasteiger partial charge in [0.1, 0.15) is 18.2 Å². The Hall–Kier alpha value is -3.35. The Morgan fingerprint density at radius 3 is 2.38 bits per heavy atom. The van der Waals surface area contributed by atoms with Crippen LogP contribution >= 0.6 is 0 Å². The zero-order valence-electron chi connectivity index (χ0n) is 14.1. The summed E-state index contributed by atoms with van der Waals surface area (Å²) in [6.45, 7) is 0.431. The number of carbonyl (C=O) groups is 2. The van der Waals surface area contributed by atoms with Crippen LogP contribution in [0.1, 0.15) is 24.0 Å². The molecule has 0 fully saturated rings. The van der Waals surface area contributed by atoms with E-state index in [0.29, 0.717) is 24.3 Å². The molecule has 0 spiro atoms. The highest BCUT2D eigenvalue weighted by atomic mass is 16.5. The molecular formula is C19H20N2O5. The number of carboxylic acid groups (broad SMARTS) is 1. The number of rotatable bonds is 8. The van der Waals surface area contributed by atoms with Crippen molar-refractivity contribution in [3.8, 4) is 5.75 Å². The molecule has 26 heavy (non-hydrogen) atoms. The first-order valence-corrected chi connectivity index (χ1v) is 8.04. The number of hydrogen-bond acceptors (Lipinski definition) is 4. The second-order valence-electron chi connectivity index (χ2n) is 5.41. The van der Waals surface area contributed by atoms with Gasteiger partial charge in [-0.2, -0.15) is 4.99 Å². The Morgan fingerprint density at radius 2 is 1.73 bits per heavy atom. The molecule has 0 bridgehead atoms. The van der Waals surface area contributed by atoms with Crippen LogP contribution in [0, 0.1) is 0 Å². The highest BCUT2D eigenvalue weighted by Gasteiger charge is 2.06. The van der Waals surface area contributed by atoms with E-state index in [0.717, 1.165) is 5.56 Å². The number of amidine groups is 1. The van der Waals surface area contributed by atoms with Crippen LogP contribution in [0.3, 0.4) is 0 Å². The summed E-state index contributed by atoms with van der Waals surface area (Å²) < 4.78 is 10.5. The normalized spacial score (nSPS) is 11.0. The average Bonchev–Trinajstić information content (AvgIpc) is 2.65.